The van der Waals surface area contributed by atoms with Crippen LogP contribution in [0.3, 0.4) is 0 Å². The van der Waals surface area contributed by atoms with Crippen LogP contribution >= 0.6 is 0 Å². The molecule has 1 aromatic rings. The van der Waals surface area contributed by atoms with Gasteiger partial charge in [-0.2, -0.15) is 0 Å². The largest absolute Gasteiger partial charge is 0.502 e. The normalized spacial score (nSPS) is 39.0. The van der Waals surface area contributed by atoms with Crippen LogP contribution in [0.2, 0.25) is 0 Å². The number of rotatable bonds is 1. The Hall–Kier alpha value is -2.11. The van der Waals surface area contributed by atoms with Gasteiger partial charge in [0.25, 0.3) is 0 Å². The maximum atomic E-state index is 12.1. The van der Waals surface area contributed by atoms with E-state index in [1.807, 2.05) is 0 Å². The minimum Gasteiger partial charge on any atom is -0.502 e. The number of nitro groups is 1. The molecule has 1 heterocycles. The second-order valence-electron chi connectivity index (χ2n) is 9.56. The van der Waals surface area contributed by atoms with Crippen LogP contribution in [0.1, 0.15) is 68.9 Å². The number of hydrogen-bond acceptors (Lipinski definition) is 5. The minimum absolute atomic E-state index is 0.0200. The van der Waals surface area contributed by atoms with Crippen molar-refractivity contribution in [3.8, 4) is 5.75 Å². The number of aryl methyl sites for hydroxylation is 1. The summed E-state index contributed by atoms with van der Waals surface area (Å²) in [5.41, 5.74) is 1.96. The standard InChI is InChI=1S/C22H27NO5/c1-22-8-7-14-15(17(22)9-13-3-2-4-20(25)28-21(13)22)6-5-12-10-19(24)18(23(26)27)11-16(12)14/h10-11,13-15,17,21,24H,2-9H2,1H3/t13?,14?,15?,17?,21?,22-/m0/s1. The molecule has 2 saturated carbocycles. The molecule has 1 saturated heterocycles. The third kappa shape index (κ3) is 2.49. The van der Waals surface area contributed by atoms with Gasteiger partial charge < -0.3 is 9.84 Å². The van der Waals surface area contributed by atoms with Crippen LogP contribution in [0.15, 0.2) is 12.1 Å². The Morgan fingerprint density at radius 3 is 2.86 bits per heavy atom. The molecule has 0 spiro atoms. The number of carbonyl (C=O) groups excluding carboxylic acids is 1. The summed E-state index contributed by atoms with van der Waals surface area (Å²) in [6.07, 6.45) is 7.51. The molecule has 5 rings (SSSR count). The second-order valence-corrected chi connectivity index (χ2v) is 9.56. The van der Waals surface area contributed by atoms with E-state index in [4.69, 9.17) is 4.74 Å². The predicted molar refractivity (Wildman–Crippen MR) is 102 cm³/mol. The maximum absolute atomic E-state index is 12.1. The highest BCUT2D eigenvalue weighted by Crippen LogP contribution is 2.64. The third-order valence-corrected chi connectivity index (χ3v) is 8.30. The van der Waals surface area contributed by atoms with Crippen LogP contribution in [-0.2, 0) is 16.0 Å². The fraction of sp³-hybridized carbons (Fsp3) is 0.682. The van der Waals surface area contributed by atoms with Gasteiger partial charge in [0.15, 0.2) is 5.75 Å². The van der Waals surface area contributed by atoms with E-state index in [1.54, 1.807) is 12.1 Å². The monoisotopic (exact) mass is 385 g/mol. The summed E-state index contributed by atoms with van der Waals surface area (Å²) in [6, 6.07) is 3.23. The van der Waals surface area contributed by atoms with Gasteiger partial charge in [0, 0.05) is 17.9 Å². The van der Waals surface area contributed by atoms with E-state index in [-0.39, 0.29) is 28.9 Å². The van der Waals surface area contributed by atoms with Crippen LogP contribution in [0.5, 0.6) is 5.75 Å². The van der Waals surface area contributed by atoms with E-state index in [9.17, 15) is 20.0 Å². The molecule has 1 N–H and O–H groups in total. The van der Waals surface area contributed by atoms with Crippen LogP contribution in [0, 0.1) is 33.3 Å². The van der Waals surface area contributed by atoms with Gasteiger partial charge in [-0.05, 0) is 85.8 Å². The highest BCUT2D eigenvalue weighted by Gasteiger charge is 2.60. The predicted octanol–water partition coefficient (Wildman–Crippen LogP) is 4.48. The van der Waals surface area contributed by atoms with E-state index >= 15 is 0 Å². The van der Waals surface area contributed by atoms with Gasteiger partial charge in [-0.25, -0.2) is 0 Å². The molecule has 1 aliphatic heterocycles. The van der Waals surface area contributed by atoms with Crippen molar-refractivity contribution in [2.75, 3.05) is 0 Å². The Morgan fingerprint density at radius 2 is 2.07 bits per heavy atom. The molecule has 6 nitrogen and oxygen atoms in total. The van der Waals surface area contributed by atoms with E-state index in [2.05, 4.69) is 6.92 Å². The Kier molecular flexibility index (Phi) is 3.97. The Balaban J connectivity index is 1.50. The van der Waals surface area contributed by atoms with Gasteiger partial charge in [0.2, 0.25) is 0 Å². The van der Waals surface area contributed by atoms with Crippen LogP contribution in [0.25, 0.3) is 0 Å². The summed E-state index contributed by atoms with van der Waals surface area (Å²) < 4.78 is 5.96. The van der Waals surface area contributed by atoms with Crippen LogP contribution < -0.4 is 0 Å². The van der Waals surface area contributed by atoms with E-state index in [1.165, 1.54) is 0 Å². The zero-order chi connectivity index (χ0) is 19.6. The van der Waals surface area contributed by atoms with Crippen LogP contribution in [-0.4, -0.2) is 22.1 Å². The Labute approximate surface area is 164 Å². The molecule has 4 aliphatic rings. The number of esters is 1. The maximum Gasteiger partial charge on any atom is 0.310 e. The SMILES string of the molecule is C[C@]12CCC3c4cc([N+](=O)[O-])c(O)cc4CCC3C1CC1CCCC(=O)OC12. The summed E-state index contributed by atoms with van der Waals surface area (Å²) in [5, 5.41) is 21.4. The van der Waals surface area contributed by atoms with Crippen molar-refractivity contribution in [3.05, 3.63) is 33.4 Å². The fourth-order valence-corrected chi connectivity index (χ4v) is 7.08. The van der Waals surface area contributed by atoms with E-state index in [0.29, 0.717) is 30.1 Å². The first kappa shape index (κ1) is 18.0. The quantitative estimate of drug-likeness (QED) is 0.437. The zero-order valence-electron chi connectivity index (χ0n) is 16.2. The van der Waals surface area contributed by atoms with Gasteiger partial charge >= 0.3 is 11.7 Å². The lowest BCUT2D eigenvalue weighted by Gasteiger charge is -2.50. The Bertz CT molecular complexity index is 852. The summed E-state index contributed by atoms with van der Waals surface area (Å²) in [7, 11) is 0. The lowest BCUT2D eigenvalue weighted by atomic mass is 9.55. The van der Waals surface area contributed by atoms with Crippen molar-refractivity contribution < 1.29 is 19.6 Å². The number of nitrogens with zero attached hydrogens (tertiary/aromatic N) is 1. The number of phenols is 1. The fourth-order valence-electron chi connectivity index (χ4n) is 7.08. The highest BCUT2D eigenvalue weighted by atomic mass is 16.6. The van der Waals surface area contributed by atoms with Crippen molar-refractivity contribution >= 4 is 11.7 Å². The molecule has 3 fully saturated rings. The van der Waals surface area contributed by atoms with Gasteiger partial charge in [-0.15, -0.1) is 0 Å². The van der Waals surface area contributed by atoms with Crippen molar-refractivity contribution in [3.63, 3.8) is 0 Å². The summed E-state index contributed by atoms with van der Waals surface area (Å²) >= 11 is 0. The van der Waals surface area contributed by atoms with E-state index in [0.717, 1.165) is 56.1 Å². The molecular formula is C22H27NO5. The molecule has 6 atom stereocenters. The first-order chi connectivity index (χ1) is 13.4. The molecule has 0 radical (unpaired) electrons. The van der Waals surface area contributed by atoms with Crippen molar-refractivity contribution in [1.82, 2.24) is 0 Å². The van der Waals surface area contributed by atoms with Crippen LogP contribution in [0.4, 0.5) is 5.69 Å². The topological polar surface area (TPSA) is 89.7 Å². The summed E-state index contributed by atoms with van der Waals surface area (Å²) in [6.45, 7) is 2.31. The minimum atomic E-state index is -0.487. The van der Waals surface area contributed by atoms with Gasteiger partial charge in [-0.1, -0.05) is 6.92 Å². The van der Waals surface area contributed by atoms with Crippen molar-refractivity contribution in [1.29, 1.82) is 0 Å². The molecule has 28 heavy (non-hydrogen) atoms. The van der Waals surface area contributed by atoms with Gasteiger partial charge in [0.1, 0.15) is 6.10 Å². The molecule has 3 aliphatic carbocycles. The molecule has 0 bridgehead atoms. The average molecular weight is 385 g/mol. The molecule has 150 valence electrons. The number of aromatic hydroxyl groups is 1. The zero-order valence-corrected chi connectivity index (χ0v) is 16.2. The Morgan fingerprint density at radius 1 is 1.25 bits per heavy atom. The summed E-state index contributed by atoms with van der Waals surface area (Å²) in [5.74, 6) is 1.46. The highest BCUT2D eigenvalue weighted by molar-refractivity contribution is 5.70. The number of ether oxygens (including phenoxy) is 1. The molecule has 6 heteroatoms. The molecule has 0 amide bonds. The number of benzene rings is 1. The molecule has 1 aromatic carbocycles. The van der Waals surface area contributed by atoms with E-state index < -0.39 is 4.92 Å². The lowest BCUT2D eigenvalue weighted by Crippen LogP contribution is -2.45. The third-order valence-electron chi connectivity index (χ3n) is 8.30. The molecule has 0 aromatic heterocycles. The molecule has 5 unspecified atom stereocenters. The van der Waals surface area contributed by atoms with Crippen molar-refractivity contribution in [2.24, 2.45) is 23.2 Å². The number of hydrogen-bond donors (Lipinski definition) is 1. The lowest BCUT2D eigenvalue weighted by molar-refractivity contribution is -0.386. The first-order valence-electron chi connectivity index (χ1n) is 10.6. The van der Waals surface area contributed by atoms with Gasteiger partial charge in [0.05, 0.1) is 4.92 Å². The van der Waals surface area contributed by atoms with Gasteiger partial charge in [-0.3, -0.25) is 14.9 Å². The number of fused-ring (bicyclic) bond motifs is 7. The number of nitro benzene ring substituents is 1. The smallest absolute Gasteiger partial charge is 0.310 e. The summed E-state index contributed by atoms with van der Waals surface area (Å²) in [4.78, 5) is 23.0. The average Bonchev–Trinajstić information content (AvgIpc) is 2.80. The second kappa shape index (κ2) is 6.19. The first-order valence-corrected chi connectivity index (χ1v) is 10.6. The molecular weight excluding hydrogens is 358 g/mol. The van der Waals surface area contributed by atoms with Crippen molar-refractivity contribution in [2.45, 2.75) is 70.3 Å². The number of phenolic OH excluding ortho intramolecular Hbond substituents is 1. The number of carbonyl (C=O) groups is 1.